The van der Waals surface area contributed by atoms with E-state index in [0.717, 1.165) is 41.8 Å². The molecule has 1 aromatic carbocycles. The van der Waals surface area contributed by atoms with Crippen molar-refractivity contribution in [2.75, 3.05) is 45.8 Å². The second-order valence-corrected chi connectivity index (χ2v) is 10.2. The molecule has 0 atom stereocenters. The van der Waals surface area contributed by atoms with Crippen LogP contribution in [0.15, 0.2) is 55.0 Å². The van der Waals surface area contributed by atoms with E-state index in [2.05, 4.69) is 25.5 Å². The third-order valence-corrected chi connectivity index (χ3v) is 7.49. The Balaban J connectivity index is 1.28. The third-order valence-electron chi connectivity index (χ3n) is 7.49. The molecular formula is C29H31FN6O3. The van der Waals surface area contributed by atoms with Gasteiger partial charge in [0.1, 0.15) is 17.3 Å². The van der Waals surface area contributed by atoms with E-state index in [1.807, 2.05) is 49.0 Å². The maximum atomic E-state index is 13.7. The van der Waals surface area contributed by atoms with Gasteiger partial charge in [0.2, 0.25) is 0 Å². The predicted octanol–water partition coefficient (Wildman–Crippen LogP) is 4.11. The number of carbonyl (C=O) groups is 1. The predicted molar refractivity (Wildman–Crippen MR) is 146 cm³/mol. The molecule has 0 spiro atoms. The van der Waals surface area contributed by atoms with Crippen molar-refractivity contribution >= 4 is 23.1 Å². The Labute approximate surface area is 226 Å². The molecule has 0 radical (unpaired) electrons. The van der Waals surface area contributed by atoms with Gasteiger partial charge in [0, 0.05) is 68.7 Å². The van der Waals surface area contributed by atoms with E-state index < -0.39 is 5.60 Å². The average Bonchev–Trinajstić information content (AvgIpc) is 3.53. The van der Waals surface area contributed by atoms with Gasteiger partial charge in [-0.25, -0.2) is 14.4 Å². The Hall–Kier alpha value is -3.86. The summed E-state index contributed by atoms with van der Waals surface area (Å²) >= 11 is 0. The second-order valence-electron chi connectivity index (χ2n) is 10.2. The Morgan fingerprint density at radius 1 is 1.15 bits per heavy atom. The van der Waals surface area contributed by atoms with Crippen molar-refractivity contribution in [2.24, 2.45) is 0 Å². The van der Waals surface area contributed by atoms with E-state index in [4.69, 9.17) is 9.47 Å². The van der Waals surface area contributed by atoms with Crippen molar-refractivity contribution in [3.05, 3.63) is 77.5 Å². The Morgan fingerprint density at radius 2 is 2.00 bits per heavy atom. The van der Waals surface area contributed by atoms with Gasteiger partial charge in [-0.3, -0.25) is 9.20 Å². The summed E-state index contributed by atoms with van der Waals surface area (Å²) in [7, 11) is 4.06. The summed E-state index contributed by atoms with van der Waals surface area (Å²) in [5, 5.41) is 6.27. The smallest absolute Gasteiger partial charge is 0.254 e. The highest BCUT2D eigenvalue weighted by molar-refractivity contribution is 6.06. The summed E-state index contributed by atoms with van der Waals surface area (Å²) in [5.74, 6) is 0.137. The van der Waals surface area contributed by atoms with Crippen LogP contribution in [0.4, 0.5) is 15.9 Å². The van der Waals surface area contributed by atoms with Gasteiger partial charge in [-0.2, -0.15) is 0 Å². The molecule has 2 N–H and O–H groups in total. The zero-order valence-corrected chi connectivity index (χ0v) is 22.0. The van der Waals surface area contributed by atoms with Crippen LogP contribution in [-0.4, -0.2) is 65.6 Å². The molecular weight excluding hydrogens is 499 g/mol. The van der Waals surface area contributed by atoms with Crippen LogP contribution in [0.2, 0.25) is 0 Å². The van der Waals surface area contributed by atoms with E-state index in [0.29, 0.717) is 49.1 Å². The molecule has 4 aromatic rings. The molecule has 39 heavy (non-hydrogen) atoms. The number of halogens is 1. The number of nitrogens with zero attached hydrogens (tertiary/aromatic N) is 4. The lowest BCUT2D eigenvalue weighted by Crippen LogP contribution is -2.38. The van der Waals surface area contributed by atoms with Crippen molar-refractivity contribution in [2.45, 2.75) is 25.0 Å². The first-order valence-electron chi connectivity index (χ1n) is 13.1. The number of aromatic nitrogens is 3. The molecule has 0 saturated carbocycles. The number of hydrogen-bond donors (Lipinski definition) is 2. The average molecular weight is 531 g/mol. The number of hydrogen-bond acceptors (Lipinski definition) is 7. The quantitative estimate of drug-likeness (QED) is 0.354. The lowest BCUT2D eigenvalue weighted by atomic mass is 9.87. The molecule has 9 nitrogen and oxygen atoms in total. The fraction of sp³-hybridized carbons (Fsp3) is 0.345. The fourth-order valence-corrected chi connectivity index (χ4v) is 5.36. The van der Waals surface area contributed by atoms with Gasteiger partial charge in [0.05, 0.1) is 35.3 Å². The minimum absolute atomic E-state index is 0.152. The number of carbonyl (C=O) groups excluding carboxylic acids is 1. The molecule has 0 aliphatic carbocycles. The molecule has 0 bridgehead atoms. The number of benzene rings is 1. The van der Waals surface area contributed by atoms with Crippen molar-refractivity contribution in [3.63, 3.8) is 0 Å². The lowest BCUT2D eigenvalue weighted by Gasteiger charge is -2.37. The number of likely N-dealkylation sites (N-methyl/N-ethyl adjacent to an activating group) is 1. The molecule has 1 fully saturated rings. The molecule has 1 saturated heterocycles. The maximum Gasteiger partial charge on any atom is 0.254 e. The number of imidazole rings is 1. The number of rotatable bonds is 8. The molecule has 0 unspecified atom stereocenters. The van der Waals surface area contributed by atoms with Crippen LogP contribution in [0.5, 0.6) is 0 Å². The first kappa shape index (κ1) is 25.4. The topological polar surface area (TPSA) is 93.0 Å². The SMILES string of the molecule is CN(C)CCOC1(c2ccc(Nc3ccc(-c4cnc5cc(F)ccn45)c4c3C(=O)NC4)nc2)CCOCC1. The molecule has 10 heteroatoms. The van der Waals surface area contributed by atoms with Crippen LogP contribution in [0, 0.1) is 5.82 Å². The third kappa shape index (κ3) is 4.87. The summed E-state index contributed by atoms with van der Waals surface area (Å²) in [4.78, 5) is 24.0. The molecule has 5 heterocycles. The van der Waals surface area contributed by atoms with Crippen LogP contribution in [-0.2, 0) is 21.6 Å². The highest BCUT2D eigenvalue weighted by atomic mass is 19.1. The highest BCUT2D eigenvalue weighted by Gasteiger charge is 2.36. The zero-order valence-electron chi connectivity index (χ0n) is 22.0. The van der Waals surface area contributed by atoms with Gasteiger partial charge in [-0.05, 0) is 37.9 Å². The monoisotopic (exact) mass is 530 g/mol. The van der Waals surface area contributed by atoms with Gasteiger partial charge in [0.25, 0.3) is 5.91 Å². The Morgan fingerprint density at radius 3 is 2.77 bits per heavy atom. The number of nitrogens with one attached hydrogen (secondary N) is 2. The highest BCUT2D eigenvalue weighted by Crippen LogP contribution is 2.38. The van der Waals surface area contributed by atoms with Gasteiger partial charge in [-0.15, -0.1) is 0 Å². The molecule has 6 rings (SSSR count). The first-order chi connectivity index (χ1) is 18.9. The van der Waals surface area contributed by atoms with Crippen LogP contribution in [0.3, 0.4) is 0 Å². The number of fused-ring (bicyclic) bond motifs is 2. The molecule has 2 aliphatic heterocycles. The molecule has 202 valence electrons. The summed E-state index contributed by atoms with van der Waals surface area (Å²) in [5.41, 5.74) is 4.89. The van der Waals surface area contributed by atoms with Crippen molar-refractivity contribution in [1.29, 1.82) is 0 Å². The van der Waals surface area contributed by atoms with Gasteiger partial charge >= 0.3 is 0 Å². The minimum atomic E-state index is -0.417. The van der Waals surface area contributed by atoms with Crippen LogP contribution >= 0.6 is 0 Å². The number of amides is 1. The number of ether oxygens (including phenoxy) is 2. The minimum Gasteiger partial charge on any atom is -0.381 e. The van der Waals surface area contributed by atoms with Gasteiger partial charge in [-0.1, -0.05) is 12.1 Å². The summed E-state index contributed by atoms with van der Waals surface area (Å²) < 4.78 is 27.5. The van der Waals surface area contributed by atoms with E-state index in [1.165, 1.54) is 12.1 Å². The van der Waals surface area contributed by atoms with E-state index in [1.54, 1.807) is 12.4 Å². The molecule has 3 aromatic heterocycles. The fourth-order valence-electron chi connectivity index (χ4n) is 5.36. The molecule has 1 amide bonds. The zero-order chi connectivity index (χ0) is 27.0. The largest absolute Gasteiger partial charge is 0.381 e. The summed E-state index contributed by atoms with van der Waals surface area (Å²) in [6.45, 7) is 3.16. The number of anilines is 2. The van der Waals surface area contributed by atoms with E-state index in [-0.39, 0.29) is 11.7 Å². The summed E-state index contributed by atoms with van der Waals surface area (Å²) in [6, 6.07) is 10.6. The lowest BCUT2D eigenvalue weighted by molar-refractivity contribution is -0.118. The van der Waals surface area contributed by atoms with Gasteiger partial charge in [0.15, 0.2) is 0 Å². The van der Waals surface area contributed by atoms with E-state index >= 15 is 0 Å². The standard InChI is InChI=1S/C29H31FN6O3/c1-35(2)11-14-39-29(8-12-38-13-9-29)19-3-6-25(31-16-19)34-23-5-4-21(22-17-33-28(37)27(22)23)24-18-32-26-15-20(30)7-10-36(24)26/h3-7,10,15-16,18H,8-9,11-14,17H2,1-2H3,(H,31,34)(H,33,37). The van der Waals surface area contributed by atoms with Crippen LogP contribution < -0.4 is 10.6 Å². The number of pyridine rings is 2. The van der Waals surface area contributed by atoms with Crippen molar-refractivity contribution in [1.82, 2.24) is 24.6 Å². The van der Waals surface area contributed by atoms with Crippen molar-refractivity contribution < 1.29 is 18.7 Å². The first-order valence-corrected chi connectivity index (χ1v) is 13.1. The Bertz CT molecular complexity index is 1510. The summed E-state index contributed by atoms with van der Waals surface area (Å²) in [6.07, 6.45) is 6.76. The van der Waals surface area contributed by atoms with Gasteiger partial charge < -0.3 is 25.0 Å². The van der Waals surface area contributed by atoms with Crippen molar-refractivity contribution in [3.8, 4) is 11.3 Å². The Kier molecular flexibility index (Phi) is 6.76. The second kappa shape index (κ2) is 10.4. The van der Waals surface area contributed by atoms with Crippen LogP contribution in [0.25, 0.3) is 16.9 Å². The molecule has 2 aliphatic rings. The maximum absolute atomic E-state index is 13.7. The normalized spacial score (nSPS) is 16.5. The van der Waals surface area contributed by atoms with Crippen LogP contribution in [0.1, 0.15) is 34.3 Å². The van der Waals surface area contributed by atoms with E-state index in [9.17, 15) is 9.18 Å².